The Balaban J connectivity index is 2.67. The molecule has 82 valence electrons. The molecule has 0 aromatic heterocycles. The van der Waals surface area contributed by atoms with Crippen LogP contribution < -0.4 is 0 Å². The third kappa shape index (κ3) is 3.39. The number of benzene rings is 1. The molecule has 0 atom stereocenters. The van der Waals surface area contributed by atoms with Gasteiger partial charge in [0.25, 0.3) is 5.91 Å². The highest BCUT2D eigenvalue weighted by Crippen LogP contribution is 2.07. The second-order valence-electron chi connectivity index (χ2n) is 3.95. The Hall–Kier alpha value is -1.31. The number of carbonyl (C=O) groups is 1. The maximum atomic E-state index is 11.9. The van der Waals surface area contributed by atoms with E-state index in [0.717, 1.165) is 30.5 Å². The summed E-state index contributed by atoms with van der Waals surface area (Å²) in [6.07, 6.45) is 2.18. The van der Waals surface area contributed by atoms with E-state index in [1.165, 1.54) is 0 Å². The molecule has 0 aliphatic heterocycles. The van der Waals surface area contributed by atoms with E-state index in [4.69, 9.17) is 0 Å². The van der Waals surface area contributed by atoms with Gasteiger partial charge in [0.05, 0.1) is 0 Å². The number of unbranched alkanes of at least 4 members (excludes halogenated alkanes) is 1. The second-order valence-corrected chi connectivity index (χ2v) is 3.95. The van der Waals surface area contributed by atoms with Gasteiger partial charge in [0, 0.05) is 19.2 Å². The van der Waals surface area contributed by atoms with Crippen LogP contribution in [0.25, 0.3) is 0 Å². The highest BCUT2D eigenvalue weighted by Gasteiger charge is 2.10. The van der Waals surface area contributed by atoms with Crippen molar-refractivity contribution in [2.45, 2.75) is 26.7 Å². The molecular formula is C13H19NO. The summed E-state index contributed by atoms with van der Waals surface area (Å²) in [6, 6.07) is 7.74. The molecule has 1 aromatic carbocycles. The summed E-state index contributed by atoms with van der Waals surface area (Å²) in [5, 5.41) is 0. The summed E-state index contributed by atoms with van der Waals surface area (Å²) < 4.78 is 0. The van der Waals surface area contributed by atoms with Crippen LogP contribution in [0.3, 0.4) is 0 Å². The lowest BCUT2D eigenvalue weighted by atomic mass is 10.1. The van der Waals surface area contributed by atoms with Crippen molar-refractivity contribution in [3.8, 4) is 0 Å². The minimum atomic E-state index is 0.118. The van der Waals surface area contributed by atoms with Gasteiger partial charge in [0.1, 0.15) is 0 Å². The third-order valence-electron chi connectivity index (χ3n) is 2.46. The van der Waals surface area contributed by atoms with Crippen LogP contribution in [0.1, 0.15) is 35.7 Å². The number of aryl methyl sites for hydroxylation is 1. The first-order valence-electron chi connectivity index (χ1n) is 5.47. The summed E-state index contributed by atoms with van der Waals surface area (Å²) in [5.41, 5.74) is 1.92. The molecule has 0 aliphatic rings. The van der Waals surface area contributed by atoms with Crippen molar-refractivity contribution in [3.63, 3.8) is 0 Å². The van der Waals surface area contributed by atoms with Crippen LogP contribution in [-0.4, -0.2) is 24.4 Å². The van der Waals surface area contributed by atoms with Gasteiger partial charge in [-0.3, -0.25) is 4.79 Å². The van der Waals surface area contributed by atoms with Crippen molar-refractivity contribution in [3.05, 3.63) is 35.4 Å². The van der Waals surface area contributed by atoms with Gasteiger partial charge in [0.2, 0.25) is 0 Å². The van der Waals surface area contributed by atoms with E-state index < -0.39 is 0 Å². The molecule has 15 heavy (non-hydrogen) atoms. The van der Waals surface area contributed by atoms with Gasteiger partial charge in [-0.1, -0.05) is 31.0 Å². The van der Waals surface area contributed by atoms with E-state index >= 15 is 0 Å². The fourth-order valence-electron chi connectivity index (χ4n) is 1.50. The number of rotatable bonds is 4. The van der Waals surface area contributed by atoms with E-state index in [9.17, 15) is 4.79 Å². The van der Waals surface area contributed by atoms with Crippen LogP contribution in [-0.2, 0) is 0 Å². The van der Waals surface area contributed by atoms with Gasteiger partial charge in [0.15, 0.2) is 0 Å². The average Bonchev–Trinajstić information content (AvgIpc) is 2.24. The standard InChI is InChI=1S/C13H19NO/c1-4-5-9-14(3)13(15)12-8-6-7-11(2)10-12/h6-8,10H,4-5,9H2,1-3H3. The molecule has 1 amide bonds. The first kappa shape index (κ1) is 11.8. The predicted molar refractivity (Wildman–Crippen MR) is 63.0 cm³/mol. The van der Waals surface area contributed by atoms with Gasteiger partial charge >= 0.3 is 0 Å². The van der Waals surface area contributed by atoms with E-state index in [1.54, 1.807) is 4.90 Å². The topological polar surface area (TPSA) is 20.3 Å². The molecule has 0 saturated heterocycles. The van der Waals surface area contributed by atoms with Crippen LogP contribution in [0.2, 0.25) is 0 Å². The molecule has 0 N–H and O–H groups in total. The van der Waals surface area contributed by atoms with Crippen LogP contribution in [0.5, 0.6) is 0 Å². The highest BCUT2D eigenvalue weighted by molar-refractivity contribution is 5.94. The summed E-state index contributed by atoms with van der Waals surface area (Å²) in [4.78, 5) is 13.7. The molecule has 1 aromatic rings. The Bertz CT molecular complexity index is 333. The summed E-state index contributed by atoms with van der Waals surface area (Å²) in [7, 11) is 1.86. The highest BCUT2D eigenvalue weighted by atomic mass is 16.2. The maximum absolute atomic E-state index is 11.9. The lowest BCUT2D eigenvalue weighted by molar-refractivity contribution is 0.0793. The SMILES string of the molecule is CCCCN(C)C(=O)c1cccc(C)c1. The number of hydrogen-bond acceptors (Lipinski definition) is 1. The first-order chi connectivity index (χ1) is 7.15. The smallest absolute Gasteiger partial charge is 0.253 e. The molecule has 2 nitrogen and oxygen atoms in total. The van der Waals surface area contributed by atoms with Gasteiger partial charge in [-0.05, 0) is 25.5 Å². The zero-order valence-corrected chi connectivity index (χ0v) is 9.79. The van der Waals surface area contributed by atoms with E-state index in [1.807, 2.05) is 38.2 Å². The van der Waals surface area contributed by atoms with Crippen LogP contribution in [0, 0.1) is 6.92 Å². The molecule has 1 rings (SSSR count). The van der Waals surface area contributed by atoms with Crippen molar-refractivity contribution in [1.29, 1.82) is 0 Å². The molecule has 0 spiro atoms. The largest absolute Gasteiger partial charge is 0.342 e. The first-order valence-corrected chi connectivity index (χ1v) is 5.47. The Kier molecular flexibility index (Phi) is 4.35. The summed E-state index contributed by atoms with van der Waals surface area (Å²) in [6.45, 7) is 4.97. The third-order valence-corrected chi connectivity index (χ3v) is 2.46. The van der Waals surface area contributed by atoms with Crippen molar-refractivity contribution < 1.29 is 4.79 Å². The molecule has 2 heteroatoms. The molecule has 0 bridgehead atoms. The van der Waals surface area contributed by atoms with Gasteiger partial charge < -0.3 is 4.90 Å². The Morgan fingerprint density at radius 3 is 2.73 bits per heavy atom. The average molecular weight is 205 g/mol. The Morgan fingerprint density at radius 2 is 2.13 bits per heavy atom. The lowest BCUT2D eigenvalue weighted by Crippen LogP contribution is -2.27. The fraction of sp³-hybridized carbons (Fsp3) is 0.462. The number of carbonyl (C=O) groups excluding carboxylic acids is 1. The number of amides is 1. The Labute approximate surface area is 91.9 Å². The monoisotopic (exact) mass is 205 g/mol. The van der Waals surface area contributed by atoms with Crippen LogP contribution >= 0.6 is 0 Å². The van der Waals surface area contributed by atoms with Crippen molar-refractivity contribution >= 4 is 5.91 Å². The molecule has 0 radical (unpaired) electrons. The van der Waals surface area contributed by atoms with Crippen molar-refractivity contribution in [2.24, 2.45) is 0 Å². The van der Waals surface area contributed by atoms with Gasteiger partial charge in [-0.25, -0.2) is 0 Å². The van der Waals surface area contributed by atoms with Crippen LogP contribution in [0.4, 0.5) is 0 Å². The maximum Gasteiger partial charge on any atom is 0.253 e. The summed E-state index contributed by atoms with van der Waals surface area (Å²) >= 11 is 0. The van der Waals surface area contributed by atoms with E-state index in [-0.39, 0.29) is 5.91 Å². The quantitative estimate of drug-likeness (QED) is 0.740. The minimum absolute atomic E-state index is 0.118. The number of hydrogen-bond donors (Lipinski definition) is 0. The lowest BCUT2D eigenvalue weighted by Gasteiger charge is -2.16. The fourth-order valence-corrected chi connectivity index (χ4v) is 1.50. The molecule has 0 aliphatic carbocycles. The second kappa shape index (κ2) is 5.54. The van der Waals surface area contributed by atoms with Gasteiger partial charge in [-0.2, -0.15) is 0 Å². The minimum Gasteiger partial charge on any atom is -0.342 e. The molecular weight excluding hydrogens is 186 g/mol. The zero-order valence-electron chi connectivity index (χ0n) is 9.79. The Morgan fingerprint density at radius 1 is 1.40 bits per heavy atom. The van der Waals surface area contributed by atoms with Crippen molar-refractivity contribution in [2.75, 3.05) is 13.6 Å². The van der Waals surface area contributed by atoms with Crippen LogP contribution in [0.15, 0.2) is 24.3 Å². The van der Waals surface area contributed by atoms with E-state index in [0.29, 0.717) is 0 Å². The molecule has 0 fully saturated rings. The molecule has 0 saturated carbocycles. The predicted octanol–water partition coefficient (Wildman–Crippen LogP) is 2.87. The van der Waals surface area contributed by atoms with Crippen molar-refractivity contribution in [1.82, 2.24) is 4.90 Å². The number of nitrogens with zero attached hydrogens (tertiary/aromatic N) is 1. The van der Waals surface area contributed by atoms with E-state index in [2.05, 4.69) is 6.92 Å². The normalized spacial score (nSPS) is 10.1. The molecule has 0 heterocycles. The molecule has 0 unspecified atom stereocenters. The van der Waals surface area contributed by atoms with Gasteiger partial charge in [-0.15, -0.1) is 0 Å². The summed E-state index contributed by atoms with van der Waals surface area (Å²) in [5.74, 6) is 0.118. The zero-order chi connectivity index (χ0) is 11.3.